The molecule has 1 aromatic carbocycles. The van der Waals surface area contributed by atoms with Crippen LogP contribution in [0.3, 0.4) is 0 Å². The summed E-state index contributed by atoms with van der Waals surface area (Å²) in [7, 11) is 0. The van der Waals surface area contributed by atoms with Gasteiger partial charge in [-0.3, -0.25) is 0 Å². The number of esters is 2. The van der Waals surface area contributed by atoms with Gasteiger partial charge in [-0.2, -0.15) is 0 Å². The van der Waals surface area contributed by atoms with E-state index in [1.807, 2.05) is 6.92 Å². The van der Waals surface area contributed by atoms with E-state index in [2.05, 4.69) is 6.92 Å². The minimum absolute atomic E-state index is 0.379. The second-order valence-corrected chi connectivity index (χ2v) is 7.03. The van der Waals surface area contributed by atoms with Gasteiger partial charge in [0.05, 0.1) is 24.3 Å². The molecular weight excluding hydrogens is 340 g/mol. The van der Waals surface area contributed by atoms with Crippen molar-refractivity contribution in [2.45, 2.75) is 84.5 Å². The minimum atomic E-state index is -0.402. The molecule has 1 aromatic rings. The van der Waals surface area contributed by atoms with Crippen molar-refractivity contribution in [1.29, 1.82) is 0 Å². The van der Waals surface area contributed by atoms with E-state index < -0.39 is 5.97 Å². The van der Waals surface area contributed by atoms with Gasteiger partial charge in [0.15, 0.2) is 0 Å². The summed E-state index contributed by atoms with van der Waals surface area (Å²) in [6.07, 6.45) is 13.2. The van der Waals surface area contributed by atoms with E-state index in [0.717, 1.165) is 19.3 Å². The first-order valence-electron chi connectivity index (χ1n) is 10.6. The summed E-state index contributed by atoms with van der Waals surface area (Å²) >= 11 is 0. The lowest BCUT2D eigenvalue weighted by molar-refractivity contribution is 0.0497. The van der Waals surface area contributed by atoms with Gasteiger partial charge in [0.25, 0.3) is 0 Å². The molecule has 0 aliphatic heterocycles. The van der Waals surface area contributed by atoms with Gasteiger partial charge in [-0.05, 0) is 31.0 Å². The summed E-state index contributed by atoms with van der Waals surface area (Å²) in [6, 6.07) is 6.53. The lowest BCUT2D eigenvalue weighted by atomic mass is 10.1. The zero-order chi connectivity index (χ0) is 19.7. The Morgan fingerprint density at radius 3 is 1.67 bits per heavy atom. The van der Waals surface area contributed by atoms with E-state index >= 15 is 0 Å². The molecule has 0 fully saturated rings. The number of benzene rings is 1. The number of unbranched alkanes of at least 4 members (excludes halogenated alkanes) is 9. The highest BCUT2D eigenvalue weighted by molar-refractivity contribution is 5.95. The molecule has 0 aliphatic rings. The molecule has 0 aromatic heterocycles. The van der Waals surface area contributed by atoms with Gasteiger partial charge in [0.1, 0.15) is 0 Å². The maximum absolute atomic E-state index is 12.1. The number of carbonyl (C=O) groups excluding carboxylic acids is 2. The molecule has 0 spiro atoms. The highest BCUT2D eigenvalue weighted by Crippen LogP contribution is 2.12. The third kappa shape index (κ3) is 10.8. The van der Waals surface area contributed by atoms with Crippen molar-refractivity contribution >= 4 is 11.9 Å². The maximum atomic E-state index is 12.1. The first kappa shape index (κ1) is 23.2. The molecule has 0 N–H and O–H groups in total. The Morgan fingerprint density at radius 1 is 0.667 bits per heavy atom. The number of rotatable bonds is 15. The first-order valence-corrected chi connectivity index (χ1v) is 10.6. The second-order valence-electron chi connectivity index (χ2n) is 7.03. The third-order valence-electron chi connectivity index (χ3n) is 4.50. The van der Waals surface area contributed by atoms with Crippen LogP contribution in [0.1, 0.15) is 105 Å². The van der Waals surface area contributed by atoms with Crippen LogP contribution in [0.25, 0.3) is 0 Å². The van der Waals surface area contributed by atoms with E-state index in [1.165, 1.54) is 51.4 Å². The molecule has 0 amide bonds. The van der Waals surface area contributed by atoms with Gasteiger partial charge in [-0.15, -0.1) is 0 Å². The van der Waals surface area contributed by atoms with Crippen molar-refractivity contribution in [3.63, 3.8) is 0 Å². The highest BCUT2D eigenvalue weighted by Gasteiger charge is 2.12. The van der Waals surface area contributed by atoms with Crippen LogP contribution in [0.15, 0.2) is 24.3 Å². The van der Waals surface area contributed by atoms with Gasteiger partial charge in [0, 0.05) is 0 Å². The highest BCUT2D eigenvalue weighted by atomic mass is 16.5. The molecule has 0 saturated heterocycles. The molecule has 0 atom stereocenters. The second kappa shape index (κ2) is 15.2. The molecule has 0 radical (unpaired) electrons. The van der Waals surface area contributed by atoms with E-state index in [0.29, 0.717) is 24.3 Å². The fourth-order valence-electron chi connectivity index (χ4n) is 2.89. The summed E-state index contributed by atoms with van der Waals surface area (Å²) in [5.41, 5.74) is 0.782. The van der Waals surface area contributed by atoms with E-state index in [4.69, 9.17) is 9.47 Å². The molecule has 4 nitrogen and oxygen atoms in total. The average Bonchev–Trinajstić information content (AvgIpc) is 2.70. The molecule has 0 bridgehead atoms. The predicted octanol–water partition coefficient (Wildman–Crippen LogP) is 6.33. The molecule has 27 heavy (non-hydrogen) atoms. The summed E-state index contributed by atoms with van der Waals surface area (Å²) in [5.74, 6) is -0.780. The fourth-order valence-corrected chi connectivity index (χ4v) is 2.89. The Morgan fingerprint density at radius 2 is 1.15 bits per heavy atom. The lowest BCUT2D eigenvalue weighted by Crippen LogP contribution is -2.10. The summed E-state index contributed by atoms with van der Waals surface area (Å²) in [4.78, 5) is 24.0. The fraction of sp³-hybridized carbons (Fsp3) is 0.652. The van der Waals surface area contributed by atoms with Crippen molar-refractivity contribution in [3.05, 3.63) is 35.4 Å². The molecular formula is C23H36O4. The van der Waals surface area contributed by atoms with Crippen LogP contribution in [-0.4, -0.2) is 25.2 Å². The topological polar surface area (TPSA) is 52.6 Å². The third-order valence-corrected chi connectivity index (χ3v) is 4.50. The zero-order valence-electron chi connectivity index (χ0n) is 17.1. The smallest absolute Gasteiger partial charge is 0.338 e. The van der Waals surface area contributed by atoms with E-state index in [-0.39, 0.29) is 5.97 Å². The van der Waals surface area contributed by atoms with Gasteiger partial charge in [-0.25, -0.2) is 9.59 Å². The van der Waals surface area contributed by atoms with Crippen molar-refractivity contribution in [1.82, 2.24) is 0 Å². The predicted molar refractivity (Wildman–Crippen MR) is 109 cm³/mol. The lowest BCUT2D eigenvalue weighted by Gasteiger charge is -2.07. The molecule has 0 heterocycles. The van der Waals surface area contributed by atoms with Crippen molar-refractivity contribution in [2.75, 3.05) is 13.2 Å². The number of carbonyl (C=O) groups is 2. The SMILES string of the molecule is CCCCCCCCCCCCOC(=O)c1cccc(C(=O)OCCC)c1. The number of ether oxygens (including phenoxy) is 2. The normalized spacial score (nSPS) is 10.6. The Bertz CT molecular complexity index is 539. The van der Waals surface area contributed by atoms with Gasteiger partial charge < -0.3 is 9.47 Å². The quantitative estimate of drug-likeness (QED) is 0.265. The summed E-state index contributed by atoms with van der Waals surface area (Å²) in [6.45, 7) is 4.99. The first-order chi connectivity index (χ1) is 13.2. The molecule has 0 aliphatic carbocycles. The van der Waals surface area contributed by atoms with Gasteiger partial charge in [0.2, 0.25) is 0 Å². The zero-order valence-corrected chi connectivity index (χ0v) is 17.1. The molecule has 0 saturated carbocycles. The Kier molecular flexibility index (Phi) is 13.1. The molecule has 1 rings (SSSR count). The average molecular weight is 377 g/mol. The van der Waals surface area contributed by atoms with Gasteiger partial charge in [-0.1, -0.05) is 77.7 Å². The van der Waals surface area contributed by atoms with Crippen LogP contribution in [0.2, 0.25) is 0 Å². The van der Waals surface area contributed by atoms with Crippen LogP contribution in [-0.2, 0) is 9.47 Å². The van der Waals surface area contributed by atoms with Crippen LogP contribution < -0.4 is 0 Å². The largest absolute Gasteiger partial charge is 0.462 e. The van der Waals surface area contributed by atoms with Crippen molar-refractivity contribution in [2.24, 2.45) is 0 Å². The standard InChI is InChI=1S/C23H36O4/c1-3-5-6-7-8-9-10-11-12-13-18-27-23(25)21-16-14-15-20(19-21)22(24)26-17-4-2/h14-16,19H,3-13,17-18H2,1-2H3. The van der Waals surface area contributed by atoms with Crippen LogP contribution >= 0.6 is 0 Å². The summed E-state index contributed by atoms with van der Waals surface area (Å²) < 4.78 is 10.4. The van der Waals surface area contributed by atoms with Crippen molar-refractivity contribution in [3.8, 4) is 0 Å². The Balaban J connectivity index is 2.15. The van der Waals surface area contributed by atoms with E-state index in [9.17, 15) is 9.59 Å². The van der Waals surface area contributed by atoms with E-state index in [1.54, 1.807) is 24.3 Å². The maximum Gasteiger partial charge on any atom is 0.338 e. The Hall–Kier alpha value is -1.84. The van der Waals surface area contributed by atoms with Crippen LogP contribution in [0.5, 0.6) is 0 Å². The van der Waals surface area contributed by atoms with Crippen LogP contribution in [0, 0.1) is 0 Å². The molecule has 4 heteroatoms. The minimum Gasteiger partial charge on any atom is -0.462 e. The van der Waals surface area contributed by atoms with Crippen LogP contribution in [0.4, 0.5) is 0 Å². The monoisotopic (exact) mass is 376 g/mol. The summed E-state index contributed by atoms with van der Waals surface area (Å²) in [5, 5.41) is 0. The molecule has 152 valence electrons. The molecule has 0 unspecified atom stereocenters. The number of hydrogen-bond donors (Lipinski definition) is 0. The van der Waals surface area contributed by atoms with Crippen molar-refractivity contribution < 1.29 is 19.1 Å². The Labute approximate surface area is 164 Å². The van der Waals surface area contributed by atoms with Gasteiger partial charge >= 0.3 is 11.9 Å². The number of hydrogen-bond acceptors (Lipinski definition) is 4.